The van der Waals surface area contributed by atoms with E-state index in [1.54, 1.807) is 0 Å². The van der Waals surface area contributed by atoms with Crippen LogP contribution in [0.5, 0.6) is 0 Å². The lowest BCUT2D eigenvalue weighted by molar-refractivity contribution is -0.143. The molecule has 3 aliphatic rings. The minimum absolute atomic E-state index is 0.00410. The van der Waals surface area contributed by atoms with Crippen molar-refractivity contribution < 1.29 is 38.1 Å². The molecule has 2 saturated carbocycles. The number of aromatic nitrogens is 4. The monoisotopic (exact) mass is 736 g/mol. The van der Waals surface area contributed by atoms with Crippen molar-refractivity contribution >= 4 is 48.2 Å². The molecule has 0 amide bonds. The van der Waals surface area contributed by atoms with Crippen molar-refractivity contribution in [3.05, 3.63) is 88.7 Å². The predicted octanol–water partition coefficient (Wildman–Crippen LogP) is 2.63. The molecule has 5 heterocycles. The number of nitrogens with one attached hydrogen (secondary N) is 4. The Balaban J connectivity index is 1.52. The summed E-state index contributed by atoms with van der Waals surface area (Å²) in [5.41, 5.74) is 11.6. The van der Waals surface area contributed by atoms with Gasteiger partial charge in [0.1, 0.15) is 0 Å². The normalized spacial score (nSPS) is 19.4. The Bertz CT molecular complexity index is 2460. The van der Waals surface area contributed by atoms with Crippen LogP contribution in [0.2, 0.25) is 0 Å². The number of aromatic amines is 4. The van der Waals surface area contributed by atoms with Gasteiger partial charge in [0, 0.05) is 68.8 Å². The predicted molar refractivity (Wildman–Crippen MR) is 201 cm³/mol. The van der Waals surface area contributed by atoms with Gasteiger partial charge < -0.3 is 38.9 Å². The molecule has 12 heteroatoms. The van der Waals surface area contributed by atoms with Gasteiger partial charge in [0.15, 0.2) is 0 Å². The number of H-pyrrole nitrogens is 4. The molecule has 12 nitrogen and oxygen atoms in total. The first-order valence-corrected chi connectivity index (χ1v) is 18.4. The lowest BCUT2D eigenvalue weighted by Crippen LogP contribution is -2.14. The number of methoxy groups -OCH3 is 4. The van der Waals surface area contributed by atoms with Crippen LogP contribution in [0.1, 0.15) is 105 Å². The Morgan fingerprint density at radius 1 is 0.519 bits per heavy atom. The summed E-state index contributed by atoms with van der Waals surface area (Å²) in [5, 5.41) is 3.49. The van der Waals surface area contributed by atoms with Crippen molar-refractivity contribution in [2.75, 3.05) is 28.4 Å². The van der Waals surface area contributed by atoms with Gasteiger partial charge in [-0.3, -0.25) is 19.2 Å². The Morgan fingerprint density at radius 3 is 1.61 bits per heavy atom. The molecule has 0 unspecified atom stereocenters. The molecule has 1 aliphatic heterocycles. The van der Waals surface area contributed by atoms with E-state index in [-0.39, 0.29) is 60.4 Å². The molecule has 7 rings (SSSR count). The van der Waals surface area contributed by atoms with Gasteiger partial charge in [-0.1, -0.05) is 0 Å². The molecule has 8 bridgehead atoms. The first-order valence-electron chi connectivity index (χ1n) is 18.4. The lowest BCUT2D eigenvalue weighted by Gasteiger charge is -2.03. The Morgan fingerprint density at radius 2 is 1.00 bits per heavy atom. The summed E-state index contributed by atoms with van der Waals surface area (Å²) in [5.74, 6) is -1.48. The van der Waals surface area contributed by atoms with Crippen molar-refractivity contribution in [1.82, 2.24) is 19.9 Å². The van der Waals surface area contributed by atoms with Crippen LogP contribution >= 0.6 is 0 Å². The first kappa shape index (κ1) is 36.8. The summed E-state index contributed by atoms with van der Waals surface area (Å²) in [6.07, 6.45) is 11.1. The molecule has 0 saturated heterocycles. The maximum absolute atomic E-state index is 12.7. The van der Waals surface area contributed by atoms with Crippen molar-refractivity contribution in [2.45, 2.75) is 78.1 Å². The standard InChI is InChI=1S/C42H48N4O8/c1-19-23(9-11-37(47)51-5)33-18-34-24(10-12-38(48)52-6)20(2)30(44-34)16-35-40(26-14-28(26)42(50)54-8)22(4)32(46-35)17-36-39(25-13-27(25)41(49)53-7)21(3)31(45-36)15-29(19)43-33/h15-18,25-28,43-46H,9-14H2,1-8H3/t25-,26-,27+,28+/m1/s1. The highest BCUT2D eigenvalue weighted by Crippen LogP contribution is 2.51. The van der Waals surface area contributed by atoms with Gasteiger partial charge in [0.2, 0.25) is 0 Å². The van der Waals surface area contributed by atoms with E-state index < -0.39 is 0 Å². The van der Waals surface area contributed by atoms with E-state index in [4.69, 9.17) is 18.9 Å². The average molecular weight is 737 g/mol. The summed E-state index contributed by atoms with van der Waals surface area (Å²) in [4.78, 5) is 64.8. The highest BCUT2D eigenvalue weighted by atomic mass is 16.5. The van der Waals surface area contributed by atoms with E-state index in [1.165, 1.54) is 28.4 Å². The fraction of sp³-hybridized carbons (Fsp3) is 0.429. The molecule has 4 aromatic rings. The Kier molecular flexibility index (Phi) is 9.80. The largest absolute Gasteiger partial charge is 0.469 e. The van der Waals surface area contributed by atoms with Gasteiger partial charge >= 0.3 is 23.9 Å². The molecule has 2 fully saturated rings. The van der Waals surface area contributed by atoms with E-state index in [2.05, 4.69) is 58.1 Å². The first-order chi connectivity index (χ1) is 25.9. The topological polar surface area (TPSA) is 168 Å². The third kappa shape index (κ3) is 6.62. The fourth-order valence-electron chi connectivity index (χ4n) is 8.40. The number of ether oxygens (including phenoxy) is 4. The molecule has 0 spiro atoms. The van der Waals surface area contributed by atoms with Crippen molar-refractivity contribution in [2.24, 2.45) is 11.8 Å². The van der Waals surface area contributed by atoms with E-state index in [0.717, 1.165) is 88.7 Å². The minimum atomic E-state index is -0.300. The third-order valence-electron chi connectivity index (χ3n) is 11.7. The Hall–Kier alpha value is -5.52. The van der Waals surface area contributed by atoms with Crippen LogP contribution in [0.15, 0.2) is 0 Å². The van der Waals surface area contributed by atoms with Crippen molar-refractivity contribution in [3.63, 3.8) is 0 Å². The van der Waals surface area contributed by atoms with Crippen LogP contribution in [0.25, 0.3) is 24.3 Å². The van der Waals surface area contributed by atoms with Gasteiger partial charge in [-0.2, -0.15) is 0 Å². The maximum atomic E-state index is 12.7. The molecule has 2 aliphatic carbocycles. The number of hydrogen-bond acceptors (Lipinski definition) is 8. The highest BCUT2D eigenvalue weighted by Gasteiger charge is 2.48. The minimum Gasteiger partial charge on any atom is -0.469 e. The average Bonchev–Trinajstić information content (AvgIpc) is 4.03. The van der Waals surface area contributed by atoms with E-state index in [0.29, 0.717) is 25.7 Å². The van der Waals surface area contributed by atoms with Crippen LogP contribution in [0.3, 0.4) is 0 Å². The second kappa shape index (κ2) is 14.4. The second-order valence-electron chi connectivity index (χ2n) is 14.8. The summed E-state index contributed by atoms with van der Waals surface area (Å²) in [7, 11) is 5.64. The van der Waals surface area contributed by atoms with Gasteiger partial charge in [-0.05, 0) is 122 Å². The Labute approximate surface area is 312 Å². The van der Waals surface area contributed by atoms with Crippen molar-refractivity contribution in [1.29, 1.82) is 0 Å². The van der Waals surface area contributed by atoms with E-state index in [9.17, 15) is 19.2 Å². The van der Waals surface area contributed by atoms with Gasteiger partial charge in [-0.15, -0.1) is 0 Å². The number of rotatable bonds is 10. The molecule has 54 heavy (non-hydrogen) atoms. The number of carbonyl (C=O) groups excluding carboxylic acids is 4. The number of carbonyl (C=O) groups is 4. The maximum Gasteiger partial charge on any atom is 0.309 e. The quantitative estimate of drug-likeness (QED) is 0.125. The summed E-state index contributed by atoms with van der Waals surface area (Å²) in [6.45, 7) is 8.24. The fourth-order valence-corrected chi connectivity index (χ4v) is 8.40. The second-order valence-corrected chi connectivity index (χ2v) is 14.8. The number of fused-ring (bicyclic) bond motifs is 8. The van der Waals surface area contributed by atoms with Crippen LogP contribution in [0, 0.1) is 39.5 Å². The van der Waals surface area contributed by atoms with Crippen LogP contribution in [-0.2, 0) is 51.0 Å². The van der Waals surface area contributed by atoms with Gasteiger partial charge in [-0.25, -0.2) is 0 Å². The molecule has 4 N–H and O–H groups in total. The summed E-state index contributed by atoms with van der Waals surface area (Å²) in [6, 6.07) is 0. The highest BCUT2D eigenvalue weighted by molar-refractivity contribution is 5.79. The van der Waals surface area contributed by atoms with Gasteiger partial charge in [0.05, 0.1) is 40.3 Å². The van der Waals surface area contributed by atoms with Gasteiger partial charge in [0.25, 0.3) is 0 Å². The van der Waals surface area contributed by atoms with Crippen LogP contribution in [0.4, 0.5) is 0 Å². The summed E-state index contributed by atoms with van der Waals surface area (Å²) >= 11 is 0. The lowest BCUT2D eigenvalue weighted by atomic mass is 10.0. The van der Waals surface area contributed by atoms with Crippen LogP contribution < -0.4 is 21.4 Å². The zero-order valence-corrected chi connectivity index (χ0v) is 32.1. The zero-order chi connectivity index (χ0) is 38.6. The molecular formula is C42H48N4O8. The van der Waals surface area contributed by atoms with Crippen LogP contribution in [-0.4, -0.2) is 72.3 Å². The molecule has 4 aromatic heterocycles. The number of esters is 4. The van der Waals surface area contributed by atoms with E-state index >= 15 is 0 Å². The number of hydrogen-bond donors (Lipinski definition) is 4. The summed E-state index contributed by atoms with van der Waals surface area (Å²) < 4.78 is 20.3. The molecule has 0 aromatic carbocycles. The molecule has 0 radical (unpaired) electrons. The van der Waals surface area contributed by atoms with Crippen molar-refractivity contribution in [3.8, 4) is 0 Å². The molecule has 284 valence electrons. The smallest absolute Gasteiger partial charge is 0.309 e. The molecule has 4 atom stereocenters. The zero-order valence-electron chi connectivity index (χ0n) is 32.1. The molecular weight excluding hydrogens is 688 g/mol. The third-order valence-corrected chi connectivity index (χ3v) is 11.7. The SMILES string of the molecule is COC(=O)CCc1c2[nH]c(c1C)C=c1[nH]c(c([C@@H]3C[C@@H]3C(=O)OC)c1C)=Cc1[nH]c(c([C@@H]3C[C@@H]3C(=O)OC)c1C)C=c1[nH]c(c(CCC(=O)OC)c1C)=C2. The van der Waals surface area contributed by atoms with E-state index in [1.807, 2.05) is 13.8 Å².